The lowest BCUT2D eigenvalue weighted by molar-refractivity contribution is 0.0988. The summed E-state index contributed by atoms with van der Waals surface area (Å²) in [5, 5.41) is 0. The second kappa shape index (κ2) is 4.18. The molecule has 2 aromatic rings. The summed E-state index contributed by atoms with van der Waals surface area (Å²) < 4.78 is 0. The topological polar surface area (TPSA) is 65.7 Å². The Kier molecular flexibility index (Phi) is 2.72. The standard InChI is InChI=1S/C12H12N2O2/c1-8-11(14-12(16)13-8)10(15)7-9-5-3-2-4-6-9/h2-6H,7H2,1H3,(H2,13,14,16). The van der Waals surface area contributed by atoms with Crippen LogP contribution in [0.15, 0.2) is 35.1 Å². The summed E-state index contributed by atoms with van der Waals surface area (Å²) >= 11 is 0. The number of aryl methyl sites for hydroxylation is 1. The van der Waals surface area contributed by atoms with Gasteiger partial charge in [0.05, 0.1) is 0 Å². The lowest BCUT2D eigenvalue weighted by Gasteiger charge is -1.99. The molecule has 2 N–H and O–H groups in total. The molecule has 82 valence electrons. The van der Waals surface area contributed by atoms with Crippen molar-refractivity contribution < 1.29 is 4.79 Å². The molecule has 16 heavy (non-hydrogen) atoms. The van der Waals surface area contributed by atoms with E-state index in [-0.39, 0.29) is 11.5 Å². The van der Waals surface area contributed by atoms with Gasteiger partial charge in [-0.15, -0.1) is 0 Å². The molecule has 4 nitrogen and oxygen atoms in total. The molecule has 0 amide bonds. The molecule has 0 radical (unpaired) electrons. The maximum absolute atomic E-state index is 11.9. The fourth-order valence-electron chi connectivity index (χ4n) is 1.62. The molecule has 0 bridgehead atoms. The molecule has 0 saturated heterocycles. The van der Waals surface area contributed by atoms with Crippen molar-refractivity contribution >= 4 is 5.78 Å². The van der Waals surface area contributed by atoms with Gasteiger partial charge < -0.3 is 9.97 Å². The summed E-state index contributed by atoms with van der Waals surface area (Å²) in [5.41, 5.74) is 1.56. The van der Waals surface area contributed by atoms with Crippen LogP contribution in [0.2, 0.25) is 0 Å². The number of benzene rings is 1. The first kappa shape index (κ1) is 10.4. The second-order valence-electron chi connectivity index (χ2n) is 3.66. The summed E-state index contributed by atoms with van der Waals surface area (Å²) in [6.07, 6.45) is 0.301. The van der Waals surface area contributed by atoms with Crippen LogP contribution in [0, 0.1) is 6.92 Å². The third kappa shape index (κ3) is 2.11. The van der Waals surface area contributed by atoms with Crippen molar-refractivity contribution in [3.05, 3.63) is 57.8 Å². The predicted molar refractivity (Wildman–Crippen MR) is 60.6 cm³/mol. The normalized spacial score (nSPS) is 10.3. The Labute approximate surface area is 92.3 Å². The molecule has 2 rings (SSSR count). The number of rotatable bonds is 3. The number of hydrogen-bond acceptors (Lipinski definition) is 2. The molecule has 0 aliphatic carbocycles. The Morgan fingerprint density at radius 3 is 2.44 bits per heavy atom. The van der Waals surface area contributed by atoms with Crippen LogP contribution in [-0.4, -0.2) is 15.8 Å². The van der Waals surface area contributed by atoms with Crippen LogP contribution in [0.25, 0.3) is 0 Å². The van der Waals surface area contributed by atoms with Crippen molar-refractivity contribution in [2.45, 2.75) is 13.3 Å². The molecule has 0 saturated carbocycles. The molecular weight excluding hydrogens is 204 g/mol. The molecule has 4 heteroatoms. The maximum Gasteiger partial charge on any atom is 0.323 e. The minimum atomic E-state index is -0.339. The number of nitrogens with one attached hydrogen (secondary N) is 2. The number of aromatic amines is 2. The third-order valence-electron chi connectivity index (χ3n) is 2.40. The Balaban J connectivity index is 2.21. The molecule has 0 aliphatic rings. The van der Waals surface area contributed by atoms with E-state index < -0.39 is 0 Å². The van der Waals surface area contributed by atoms with Crippen molar-refractivity contribution in [3.8, 4) is 0 Å². The van der Waals surface area contributed by atoms with Crippen molar-refractivity contribution in [3.63, 3.8) is 0 Å². The van der Waals surface area contributed by atoms with Gasteiger partial charge in [0.1, 0.15) is 5.69 Å². The number of Topliss-reactive ketones (excluding diaryl/α,β-unsaturated/α-hetero) is 1. The zero-order chi connectivity index (χ0) is 11.5. The van der Waals surface area contributed by atoms with Crippen molar-refractivity contribution in [1.82, 2.24) is 9.97 Å². The first-order valence-electron chi connectivity index (χ1n) is 5.03. The molecule has 0 aliphatic heterocycles. The smallest absolute Gasteiger partial charge is 0.310 e. The molecule has 0 spiro atoms. The first-order chi connectivity index (χ1) is 7.66. The van der Waals surface area contributed by atoms with E-state index in [1.807, 2.05) is 30.3 Å². The van der Waals surface area contributed by atoms with E-state index >= 15 is 0 Å². The van der Waals surface area contributed by atoms with Crippen LogP contribution >= 0.6 is 0 Å². The molecule has 0 atom stereocenters. The van der Waals surface area contributed by atoms with Crippen molar-refractivity contribution in [1.29, 1.82) is 0 Å². The van der Waals surface area contributed by atoms with Gasteiger partial charge >= 0.3 is 5.69 Å². The van der Waals surface area contributed by atoms with Gasteiger partial charge in [0.25, 0.3) is 0 Å². The number of imidazole rings is 1. The van der Waals surface area contributed by atoms with Gasteiger partial charge in [-0.25, -0.2) is 4.79 Å². The van der Waals surface area contributed by atoms with Crippen LogP contribution < -0.4 is 5.69 Å². The van der Waals surface area contributed by atoms with Gasteiger partial charge in [0, 0.05) is 12.1 Å². The highest BCUT2D eigenvalue weighted by Crippen LogP contribution is 2.06. The highest BCUT2D eigenvalue weighted by Gasteiger charge is 2.12. The quantitative estimate of drug-likeness (QED) is 0.762. The Morgan fingerprint density at radius 2 is 1.88 bits per heavy atom. The molecule has 1 aromatic carbocycles. The van der Waals surface area contributed by atoms with E-state index in [0.29, 0.717) is 17.8 Å². The minimum absolute atomic E-state index is 0.0814. The number of hydrogen-bond donors (Lipinski definition) is 2. The van der Waals surface area contributed by atoms with Crippen LogP contribution in [0.4, 0.5) is 0 Å². The van der Waals surface area contributed by atoms with Gasteiger partial charge in [0.2, 0.25) is 0 Å². The molecule has 0 fully saturated rings. The lowest BCUT2D eigenvalue weighted by atomic mass is 10.1. The van der Waals surface area contributed by atoms with Crippen LogP contribution in [0.5, 0.6) is 0 Å². The molecular formula is C12H12N2O2. The lowest BCUT2D eigenvalue weighted by Crippen LogP contribution is -2.08. The van der Waals surface area contributed by atoms with Crippen LogP contribution in [0.1, 0.15) is 21.7 Å². The van der Waals surface area contributed by atoms with E-state index in [0.717, 1.165) is 5.56 Å². The molecule has 1 heterocycles. The Hall–Kier alpha value is -2.10. The summed E-state index contributed by atoms with van der Waals surface area (Å²) in [5.74, 6) is -0.0814. The second-order valence-corrected chi connectivity index (χ2v) is 3.66. The monoisotopic (exact) mass is 216 g/mol. The van der Waals surface area contributed by atoms with E-state index in [9.17, 15) is 9.59 Å². The largest absolute Gasteiger partial charge is 0.323 e. The average Bonchev–Trinajstić information content (AvgIpc) is 2.59. The van der Waals surface area contributed by atoms with E-state index in [4.69, 9.17) is 0 Å². The zero-order valence-electron chi connectivity index (χ0n) is 8.91. The van der Waals surface area contributed by atoms with Crippen LogP contribution in [-0.2, 0) is 6.42 Å². The minimum Gasteiger partial charge on any atom is -0.310 e. The number of aromatic nitrogens is 2. The zero-order valence-corrected chi connectivity index (χ0v) is 8.91. The number of carbonyl (C=O) groups is 1. The van der Waals surface area contributed by atoms with Crippen molar-refractivity contribution in [2.75, 3.05) is 0 Å². The fourth-order valence-corrected chi connectivity index (χ4v) is 1.62. The molecule has 1 aromatic heterocycles. The number of ketones is 1. The van der Waals surface area contributed by atoms with Gasteiger partial charge in [-0.1, -0.05) is 30.3 Å². The number of H-pyrrole nitrogens is 2. The van der Waals surface area contributed by atoms with Crippen LogP contribution in [0.3, 0.4) is 0 Å². The van der Waals surface area contributed by atoms with Gasteiger partial charge in [-0.05, 0) is 12.5 Å². The van der Waals surface area contributed by atoms with E-state index in [2.05, 4.69) is 9.97 Å². The summed E-state index contributed by atoms with van der Waals surface area (Å²) in [6, 6.07) is 9.44. The van der Waals surface area contributed by atoms with E-state index in [1.54, 1.807) is 6.92 Å². The Morgan fingerprint density at radius 1 is 1.19 bits per heavy atom. The first-order valence-corrected chi connectivity index (χ1v) is 5.03. The highest BCUT2D eigenvalue weighted by atomic mass is 16.1. The summed E-state index contributed by atoms with van der Waals surface area (Å²) in [4.78, 5) is 27.9. The summed E-state index contributed by atoms with van der Waals surface area (Å²) in [6.45, 7) is 1.70. The SMILES string of the molecule is Cc1[nH]c(=O)[nH]c1C(=O)Cc1ccccc1. The maximum atomic E-state index is 11.9. The van der Waals surface area contributed by atoms with Gasteiger partial charge in [-0.2, -0.15) is 0 Å². The number of carbonyl (C=O) groups excluding carboxylic acids is 1. The highest BCUT2D eigenvalue weighted by molar-refractivity contribution is 5.96. The van der Waals surface area contributed by atoms with E-state index in [1.165, 1.54) is 0 Å². The molecule has 0 unspecified atom stereocenters. The van der Waals surface area contributed by atoms with Crippen molar-refractivity contribution in [2.24, 2.45) is 0 Å². The fraction of sp³-hybridized carbons (Fsp3) is 0.167. The predicted octanol–water partition coefficient (Wildman–Crippen LogP) is 1.44. The van der Waals surface area contributed by atoms with Gasteiger partial charge in [-0.3, -0.25) is 4.79 Å². The van der Waals surface area contributed by atoms with Gasteiger partial charge in [0.15, 0.2) is 5.78 Å². The average molecular weight is 216 g/mol. The third-order valence-corrected chi connectivity index (χ3v) is 2.40. The Bertz CT molecular complexity index is 552. The summed E-state index contributed by atoms with van der Waals surface area (Å²) in [7, 11) is 0.